The Kier molecular flexibility index (Phi) is 19.1. The van der Waals surface area contributed by atoms with Crippen LogP contribution in [0.25, 0.3) is 11.1 Å². The third kappa shape index (κ3) is 13.7. The molecule has 0 aliphatic carbocycles. The lowest BCUT2D eigenvalue weighted by Crippen LogP contribution is -2.61. The van der Waals surface area contributed by atoms with Gasteiger partial charge in [0.25, 0.3) is 0 Å². The summed E-state index contributed by atoms with van der Waals surface area (Å²) in [6.07, 6.45) is -8.53. The molecule has 6 aliphatic heterocycles. The molecule has 478 valence electrons. The first-order valence-electron chi connectivity index (χ1n) is 28.1. The molecular weight excluding hydrogens is 1220 g/mol. The number of carbonyl (C=O) groups is 8. The minimum atomic E-state index is -2.22. The summed E-state index contributed by atoms with van der Waals surface area (Å²) in [5, 5.41) is 97.0. The molecule has 0 aromatic heterocycles. The molecule has 28 nitrogen and oxygen atoms in total. The van der Waals surface area contributed by atoms with E-state index in [1.165, 1.54) is 57.3 Å². The lowest BCUT2D eigenvalue weighted by atomic mass is 9.86. The highest BCUT2D eigenvalue weighted by Gasteiger charge is 2.47. The average Bonchev–Trinajstić information content (AvgIpc) is 0.826. The summed E-state index contributed by atoms with van der Waals surface area (Å²) in [6.45, 7) is 6.67. The van der Waals surface area contributed by atoms with E-state index in [9.17, 15) is 54.9 Å². The van der Waals surface area contributed by atoms with Gasteiger partial charge in [0.2, 0.25) is 47.1 Å². The standard InChI is InChI=1S/C60H65Cl2N9O19/c1-22(2)12-33(65-5)53(79)70-47-49(76)25-7-10-37(31(61)14-25)88-39-16-27-17-40(50(39)77)89-38-11-8-26(15-32(38)62)51(90-42-21-60(4,64)52(78)23(3)87-42)48-58(84)69-46(59(85)86)30-18-28(72)19-36(74)43(30)29-13-24(6-9-35(29)73)44(55(81)71-48)68-56(82)45(27)67-54(80)34(20-41(63)75)66-57(47)83/h6-11,13-19,22-23,33-34,42,44-49,51-52,65,72-74,76-78H,12,20-21,64H2,1-5H3,(H2,63,75)(H,66,83)(H,67,80)(H,68,82)(H,69,84)(H,70,79)(H,71,81)(H,85,86). The highest BCUT2D eigenvalue weighted by atomic mass is 35.5. The van der Waals surface area contributed by atoms with Crippen LogP contribution in [0.4, 0.5) is 0 Å². The van der Waals surface area contributed by atoms with E-state index in [4.69, 9.17) is 53.6 Å². The second kappa shape index (κ2) is 26.2. The monoisotopic (exact) mass is 1290 g/mol. The SMILES string of the molecule is CNC(CC(C)C)C(=O)NC1C(=O)NC(CC(N)=O)C(=O)NC2C(=O)NC3C(=O)NC(C(=O)NC(C(=O)O)c4cc(O)cc(O)c4-c4cc3ccc4O)C(OC3CC(C)(N)C(O)C(C)O3)c3ccc(c(Cl)c3)Oc3cc2cc(c3O)Oc2ccc(cc2Cl)C1O. The molecular formula is C60H65Cl2N9O19. The Hall–Kier alpha value is -9.00. The van der Waals surface area contributed by atoms with Gasteiger partial charge in [0.1, 0.15) is 71.2 Å². The highest BCUT2D eigenvalue weighted by Crippen LogP contribution is 2.48. The molecule has 13 unspecified atom stereocenters. The van der Waals surface area contributed by atoms with E-state index < -0.39 is 183 Å². The Morgan fingerprint density at radius 3 is 1.93 bits per heavy atom. The first-order valence-corrected chi connectivity index (χ1v) is 28.9. The van der Waals surface area contributed by atoms with Gasteiger partial charge >= 0.3 is 5.97 Å². The van der Waals surface area contributed by atoms with Crippen molar-refractivity contribution in [1.82, 2.24) is 37.2 Å². The van der Waals surface area contributed by atoms with Crippen LogP contribution in [0.2, 0.25) is 10.0 Å². The molecule has 11 bridgehead atoms. The van der Waals surface area contributed by atoms with E-state index in [2.05, 4.69) is 37.2 Å². The van der Waals surface area contributed by atoms with Crippen molar-refractivity contribution in [3.63, 3.8) is 0 Å². The number of nitrogens with one attached hydrogen (secondary N) is 7. The Bertz CT molecular complexity index is 3720. The zero-order valence-electron chi connectivity index (χ0n) is 48.6. The first kappa shape index (κ1) is 65.4. The normalized spacial score (nSPS) is 26.4. The van der Waals surface area contributed by atoms with E-state index >= 15 is 19.2 Å². The van der Waals surface area contributed by atoms with Crippen molar-refractivity contribution in [2.75, 3.05) is 7.05 Å². The third-order valence-electron chi connectivity index (χ3n) is 15.7. The van der Waals surface area contributed by atoms with Crippen LogP contribution in [0.3, 0.4) is 0 Å². The molecule has 0 spiro atoms. The van der Waals surface area contributed by atoms with Gasteiger partial charge in [-0.1, -0.05) is 55.2 Å². The minimum absolute atomic E-state index is 0.0478. The molecule has 5 aromatic rings. The zero-order chi connectivity index (χ0) is 65.5. The molecule has 6 heterocycles. The second-order valence-corrected chi connectivity index (χ2v) is 23.7. The molecule has 90 heavy (non-hydrogen) atoms. The number of halogens is 2. The Labute approximate surface area is 522 Å². The third-order valence-corrected chi connectivity index (χ3v) is 16.3. The number of carboxylic acid groups (broad SMARTS) is 1. The minimum Gasteiger partial charge on any atom is -0.508 e. The van der Waals surface area contributed by atoms with Gasteiger partial charge in [0.15, 0.2) is 23.8 Å². The van der Waals surface area contributed by atoms with Crippen LogP contribution < -0.4 is 58.2 Å². The number of ether oxygens (including phenoxy) is 4. The van der Waals surface area contributed by atoms with E-state index in [-0.39, 0.29) is 62.6 Å². The molecule has 30 heteroatoms. The number of fused-ring (bicyclic) bond motifs is 15. The number of phenols is 4. The number of rotatable bonds is 10. The number of primary amides is 1. The smallest absolute Gasteiger partial charge is 0.330 e. The number of aliphatic carboxylic acids is 1. The van der Waals surface area contributed by atoms with Gasteiger partial charge in [-0.2, -0.15) is 0 Å². The number of benzene rings is 5. The molecule has 0 radical (unpaired) electrons. The largest absolute Gasteiger partial charge is 0.508 e. The lowest BCUT2D eigenvalue weighted by Gasteiger charge is -2.44. The van der Waals surface area contributed by atoms with Crippen molar-refractivity contribution in [2.45, 2.75) is 125 Å². The number of aliphatic hydroxyl groups is 2. The van der Waals surface area contributed by atoms with Gasteiger partial charge < -0.3 is 103 Å². The number of carboxylic acids is 1. The van der Waals surface area contributed by atoms with Crippen molar-refractivity contribution in [1.29, 1.82) is 0 Å². The van der Waals surface area contributed by atoms with Crippen molar-refractivity contribution in [3.8, 4) is 57.1 Å². The van der Waals surface area contributed by atoms with Crippen LogP contribution in [-0.4, -0.2) is 138 Å². The summed E-state index contributed by atoms with van der Waals surface area (Å²) >= 11 is 13.9. The van der Waals surface area contributed by atoms with Crippen molar-refractivity contribution >= 4 is 70.5 Å². The molecule has 1 saturated heterocycles. The number of carbonyl (C=O) groups excluding carboxylic acids is 7. The number of likely N-dealkylation sites (N-methyl/N-ethyl adjacent to an activating group) is 1. The molecule has 18 N–H and O–H groups in total. The Morgan fingerprint density at radius 1 is 0.733 bits per heavy atom. The quantitative estimate of drug-likeness (QED) is 0.0955. The maximum atomic E-state index is 15.7. The van der Waals surface area contributed by atoms with Crippen molar-refractivity contribution in [3.05, 3.63) is 117 Å². The fourth-order valence-electron chi connectivity index (χ4n) is 11.1. The maximum Gasteiger partial charge on any atom is 0.330 e. The molecule has 11 rings (SSSR count). The second-order valence-electron chi connectivity index (χ2n) is 22.9. The van der Waals surface area contributed by atoms with E-state index in [0.29, 0.717) is 0 Å². The van der Waals surface area contributed by atoms with Crippen LogP contribution in [0.1, 0.15) is 105 Å². The maximum absolute atomic E-state index is 15.7. The number of phenolic OH excluding ortho intramolecular Hbond substituents is 4. The van der Waals surface area contributed by atoms with Crippen LogP contribution in [0, 0.1) is 5.92 Å². The van der Waals surface area contributed by atoms with E-state index in [1.807, 2.05) is 13.8 Å². The molecule has 6 aliphatic rings. The van der Waals surface area contributed by atoms with Gasteiger partial charge in [-0.25, -0.2) is 4.79 Å². The molecule has 5 aromatic carbocycles. The topological polar surface area (TPSA) is 451 Å². The van der Waals surface area contributed by atoms with Crippen molar-refractivity contribution in [2.24, 2.45) is 17.4 Å². The van der Waals surface area contributed by atoms with E-state index in [1.54, 1.807) is 0 Å². The first-order chi connectivity index (χ1) is 42.4. The lowest BCUT2D eigenvalue weighted by molar-refractivity contribution is -0.255. The molecule has 0 saturated carbocycles. The average molecular weight is 1290 g/mol. The van der Waals surface area contributed by atoms with Crippen LogP contribution in [0.5, 0.6) is 46.0 Å². The zero-order valence-corrected chi connectivity index (χ0v) is 50.1. The predicted octanol–water partition coefficient (Wildman–Crippen LogP) is 2.63. The molecule has 7 amide bonds. The van der Waals surface area contributed by atoms with Gasteiger partial charge in [-0.05, 0) is 110 Å². The van der Waals surface area contributed by atoms with Gasteiger partial charge in [-0.15, -0.1) is 0 Å². The summed E-state index contributed by atoms with van der Waals surface area (Å²) in [5.74, 6) is -15.1. The number of nitrogens with two attached hydrogens (primary N) is 2. The fourth-order valence-corrected chi connectivity index (χ4v) is 11.6. The fraction of sp³-hybridized carbons (Fsp3) is 0.367. The summed E-state index contributed by atoms with van der Waals surface area (Å²) in [4.78, 5) is 116. The summed E-state index contributed by atoms with van der Waals surface area (Å²) < 4.78 is 25.1. The number of aromatic hydroxyl groups is 4. The van der Waals surface area contributed by atoms with Crippen LogP contribution >= 0.6 is 23.2 Å². The number of hydrogen-bond acceptors (Lipinski definition) is 20. The van der Waals surface area contributed by atoms with Gasteiger partial charge in [-0.3, -0.25) is 33.6 Å². The molecule has 13 atom stereocenters. The van der Waals surface area contributed by atoms with Crippen molar-refractivity contribution < 1.29 is 93.0 Å². The van der Waals surface area contributed by atoms with Crippen LogP contribution in [0.15, 0.2) is 78.9 Å². The Morgan fingerprint density at radius 2 is 1.33 bits per heavy atom. The Balaban J connectivity index is 1.29. The number of hydrogen-bond donors (Lipinski definition) is 16. The molecule has 1 fully saturated rings. The summed E-state index contributed by atoms with van der Waals surface area (Å²) in [5.41, 5.74) is 8.57. The summed E-state index contributed by atoms with van der Waals surface area (Å²) in [7, 11) is 1.50. The summed E-state index contributed by atoms with van der Waals surface area (Å²) in [6, 6.07) is 0.804. The van der Waals surface area contributed by atoms with E-state index in [0.717, 1.165) is 42.5 Å². The van der Waals surface area contributed by atoms with Gasteiger partial charge in [0.05, 0.1) is 34.7 Å². The number of amides is 7. The highest BCUT2D eigenvalue weighted by molar-refractivity contribution is 6.32. The predicted molar refractivity (Wildman–Crippen MR) is 317 cm³/mol. The van der Waals surface area contributed by atoms with Gasteiger partial charge in [0, 0.05) is 34.7 Å². The van der Waals surface area contributed by atoms with Crippen LogP contribution in [-0.2, 0) is 47.8 Å². The number of aliphatic hydroxyl groups excluding tert-OH is 2.